The largest absolute Gasteiger partial charge is 0.360 e. The number of carbonyl (C=O) groups excluding carboxylic acids is 1. The second kappa shape index (κ2) is 4.34. The van der Waals surface area contributed by atoms with Crippen LogP contribution in [-0.4, -0.2) is 16.6 Å². The van der Waals surface area contributed by atoms with Crippen LogP contribution >= 0.6 is 0 Å². The van der Waals surface area contributed by atoms with E-state index in [4.69, 9.17) is 0 Å². The molecule has 2 N–H and O–H groups in total. The fraction of sp³-hybridized carbons (Fsp3) is 0.250. The fourth-order valence-corrected chi connectivity index (χ4v) is 3.11. The summed E-state index contributed by atoms with van der Waals surface area (Å²) in [7, 11) is 0. The van der Waals surface area contributed by atoms with Crippen molar-refractivity contribution in [2.75, 3.05) is 0 Å². The molecule has 100 valence electrons. The SMILES string of the molecule is O=C(NN=C1C[C@H]2C=CC[C@@H]12)c1c[nH]c2ccccc12. The van der Waals surface area contributed by atoms with Gasteiger partial charge in [-0.3, -0.25) is 4.79 Å². The van der Waals surface area contributed by atoms with Gasteiger partial charge in [-0.25, -0.2) is 5.43 Å². The third-order valence-corrected chi connectivity index (χ3v) is 4.30. The average Bonchev–Trinajstić information content (AvgIpc) is 3.03. The van der Waals surface area contributed by atoms with E-state index in [9.17, 15) is 4.79 Å². The number of para-hydroxylation sites is 1. The molecule has 4 nitrogen and oxygen atoms in total. The smallest absolute Gasteiger partial charge is 0.273 e. The number of carbonyl (C=O) groups is 1. The van der Waals surface area contributed by atoms with Crippen molar-refractivity contribution in [3.63, 3.8) is 0 Å². The van der Waals surface area contributed by atoms with E-state index in [1.807, 2.05) is 24.3 Å². The van der Waals surface area contributed by atoms with E-state index in [0.29, 0.717) is 17.4 Å². The minimum atomic E-state index is -0.149. The van der Waals surface area contributed by atoms with Crippen LogP contribution in [0.1, 0.15) is 23.2 Å². The van der Waals surface area contributed by atoms with Crippen molar-refractivity contribution >= 4 is 22.5 Å². The molecular weight excluding hydrogens is 250 g/mol. The summed E-state index contributed by atoms with van der Waals surface area (Å²) in [6, 6.07) is 7.77. The number of nitrogens with one attached hydrogen (secondary N) is 2. The van der Waals surface area contributed by atoms with Gasteiger partial charge in [0.25, 0.3) is 5.91 Å². The minimum Gasteiger partial charge on any atom is -0.360 e. The van der Waals surface area contributed by atoms with Gasteiger partial charge in [0.1, 0.15) is 0 Å². The lowest BCUT2D eigenvalue weighted by Crippen LogP contribution is -2.35. The highest BCUT2D eigenvalue weighted by Gasteiger charge is 2.38. The van der Waals surface area contributed by atoms with Gasteiger partial charge in [0, 0.05) is 28.7 Å². The predicted octanol–water partition coefficient (Wildman–Crippen LogP) is 2.85. The first-order valence-electron chi connectivity index (χ1n) is 6.92. The molecule has 4 rings (SSSR count). The summed E-state index contributed by atoms with van der Waals surface area (Å²) in [6.07, 6.45) is 8.24. The van der Waals surface area contributed by atoms with E-state index in [0.717, 1.165) is 29.5 Å². The molecule has 4 heteroatoms. The van der Waals surface area contributed by atoms with Crippen LogP contribution in [0.15, 0.2) is 47.7 Å². The number of hydrogen-bond donors (Lipinski definition) is 2. The molecule has 0 radical (unpaired) electrons. The van der Waals surface area contributed by atoms with E-state index < -0.39 is 0 Å². The molecule has 2 atom stereocenters. The fourth-order valence-electron chi connectivity index (χ4n) is 3.11. The zero-order valence-corrected chi connectivity index (χ0v) is 11.0. The Morgan fingerprint density at radius 3 is 3.15 bits per heavy atom. The Balaban J connectivity index is 1.52. The van der Waals surface area contributed by atoms with Gasteiger partial charge < -0.3 is 4.98 Å². The topological polar surface area (TPSA) is 57.2 Å². The summed E-state index contributed by atoms with van der Waals surface area (Å²) in [4.78, 5) is 15.3. The molecule has 1 aromatic heterocycles. The van der Waals surface area contributed by atoms with Gasteiger partial charge in [-0.2, -0.15) is 5.10 Å². The number of aromatic amines is 1. The van der Waals surface area contributed by atoms with Crippen LogP contribution in [-0.2, 0) is 0 Å². The normalized spacial score (nSPS) is 25.7. The van der Waals surface area contributed by atoms with E-state index in [1.54, 1.807) is 6.20 Å². The van der Waals surface area contributed by atoms with Crippen LogP contribution in [0.3, 0.4) is 0 Å². The molecule has 1 amide bonds. The Morgan fingerprint density at radius 2 is 2.25 bits per heavy atom. The Hall–Kier alpha value is -2.36. The third kappa shape index (κ3) is 1.68. The Labute approximate surface area is 116 Å². The minimum absolute atomic E-state index is 0.149. The van der Waals surface area contributed by atoms with E-state index in [1.165, 1.54) is 0 Å². The molecule has 1 fully saturated rings. The second-order valence-electron chi connectivity index (χ2n) is 5.43. The first-order chi connectivity index (χ1) is 9.83. The summed E-state index contributed by atoms with van der Waals surface area (Å²) >= 11 is 0. The number of allylic oxidation sites excluding steroid dienone is 2. The lowest BCUT2D eigenvalue weighted by molar-refractivity contribution is 0.0955. The molecule has 1 saturated carbocycles. The summed E-state index contributed by atoms with van der Waals surface area (Å²) in [5, 5.41) is 5.23. The van der Waals surface area contributed by atoms with Crippen molar-refractivity contribution in [1.82, 2.24) is 10.4 Å². The summed E-state index contributed by atoms with van der Waals surface area (Å²) in [6.45, 7) is 0. The van der Waals surface area contributed by atoms with E-state index >= 15 is 0 Å². The number of rotatable bonds is 2. The summed E-state index contributed by atoms with van der Waals surface area (Å²) in [5.74, 6) is 1.03. The number of amides is 1. The molecule has 1 heterocycles. The Morgan fingerprint density at radius 1 is 1.35 bits per heavy atom. The molecule has 2 aliphatic rings. The number of H-pyrrole nitrogens is 1. The van der Waals surface area contributed by atoms with Crippen molar-refractivity contribution in [1.29, 1.82) is 0 Å². The molecule has 2 aliphatic carbocycles. The van der Waals surface area contributed by atoms with Gasteiger partial charge in [-0.1, -0.05) is 30.4 Å². The van der Waals surface area contributed by atoms with E-state index in [-0.39, 0.29) is 5.91 Å². The first kappa shape index (κ1) is 11.5. The highest BCUT2D eigenvalue weighted by atomic mass is 16.2. The van der Waals surface area contributed by atoms with Gasteiger partial charge >= 0.3 is 0 Å². The molecule has 2 aromatic rings. The molecule has 0 bridgehead atoms. The predicted molar refractivity (Wildman–Crippen MR) is 78.6 cm³/mol. The summed E-state index contributed by atoms with van der Waals surface area (Å²) in [5.41, 5.74) is 5.42. The quantitative estimate of drug-likeness (QED) is 0.636. The molecule has 0 aliphatic heterocycles. The van der Waals surface area contributed by atoms with Crippen molar-refractivity contribution < 1.29 is 4.79 Å². The van der Waals surface area contributed by atoms with Crippen molar-refractivity contribution in [3.05, 3.63) is 48.2 Å². The van der Waals surface area contributed by atoms with Crippen LogP contribution in [0.4, 0.5) is 0 Å². The maximum Gasteiger partial charge on any atom is 0.273 e. The lowest BCUT2D eigenvalue weighted by Gasteiger charge is -2.31. The van der Waals surface area contributed by atoms with Gasteiger partial charge in [-0.15, -0.1) is 0 Å². The Kier molecular flexibility index (Phi) is 2.49. The Bertz CT molecular complexity index is 741. The van der Waals surface area contributed by atoms with Crippen LogP contribution in [0.5, 0.6) is 0 Å². The first-order valence-corrected chi connectivity index (χ1v) is 6.92. The van der Waals surface area contributed by atoms with Gasteiger partial charge in [0.15, 0.2) is 0 Å². The lowest BCUT2D eigenvalue weighted by atomic mass is 9.74. The van der Waals surface area contributed by atoms with Crippen molar-refractivity contribution in [2.45, 2.75) is 12.8 Å². The number of aromatic nitrogens is 1. The highest BCUT2D eigenvalue weighted by molar-refractivity contribution is 6.07. The van der Waals surface area contributed by atoms with Crippen LogP contribution < -0.4 is 5.43 Å². The van der Waals surface area contributed by atoms with Gasteiger partial charge in [0.05, 0.1) is 5.56 Å². The zero-order chi connectivity index (χ0) is 13.5. The molecule has 1 aromatic carbocycles. The standard InChI is InChI=1S/C16H15N3O/c20-16(13-9-17-14-7-2-1-5-12(13)14)19-18-15-8-10-4-3-6-11(10)15/h1-5,7,9-11,17H,6,8H2,(H,19,20)/t10-,11-/m1/s1. The second-order valence-corrected chi connectivity index (χ2v) is 5.43. The van der Waals surface area contributed by atoms with Gasteiger partial charge in [-0.05, 0) is 24.8 Å². The molecular formula is C16H15N3O. The zero-order valence-electron chi connectivity index (χ0n) is 11.0. The highest BCUT2D eigenvalue weighted by Crippen LogP contribution is 2.40. The molecule has 0 saturated heterocycles. The number of hydrogen-bond acceptors (Lipinski definition) is 2. The number of hydrazone groups is 1. The van der Waals surface area contributed by atoms with Crippen molar-refractivity contribution in [3.8, 4) is 0 Å². The number of fused-ring (bicyclic) bond motifs is 2. The number of benzene rings is 1. The van der Waals surface area contributed by atoms with E-state index in [2.05, 4.69) is 27.7 Å². The van der Waals surface area contributed by atoms with Crippen LogP contribution in [0.2, 0.25) is 0 Å². The van der Waals surface area contributed by atoms with Crippen molar-refractivity contribution in [2.24, 2.45) is 16.9 Å². The third-order valence-electron chi connectivity index (χ3n) is 4.30. The maximum atomic E-state index is 12.2. The summed E-state index contributed by atoms with van der Waals surface area (Å²) < 4.78 is 0. The molecule has 0 spiro atoms. The van der Waals surface area contributed by atoms with Gasteiger partial charge in [0.2, 0.25) is 0 Å². The monoisotopic (exact) mass is 265 g/mol. The molecule has 0 unspecified atom stereocenters. The average molecular weight is 265 g/mol. The maximum absolute atomic E-state index is 12.2. The van der Waals surface area contributed by atoms with Crippen LogP contribution in [0, 0.1) is 11.8 Å². The molecule has 20 heavy (non-hydrogen) atoms. The van der Waals surface area contributed by atoms with Crippen LogP contribution in [0.25, 0.3) is 10.9 Å². The number of nitrogens with zero attached hydrogens (tertiary/aromatic N) is 1.